The first-order chi connectivity index (χ1) is 17.2. The lowest BCUT2D eigenvalue weighted by Crippen LogP contribution is -2.31. The number of ketones is 2. The van der Waals surface area contributed by atoms with Gasteiger partial charge in [-0.1, -0.05) is 53.3 Å². The highest BCUT2D eigenvalue weighted by Gasteiger charge is 2.46. The lowest BCUT2D eigenvalue weighted by atomic mass is 9.94. The lowest BCUT2D eigenvalue weighted by molar-refractivity contribution is -0.117. The minimum Gasteiger partial charge on any atom is -0.503 e. The molecule has 0 bridgehead atoms. The standard InChI is InChI=1S/C27H22N2O6S/c1-13-8-10-16(11-9-13)21-20(22(31)19-12-17-6-5-7-18(34-4)24(17)35-19)23(32)26(33)29(21)27-28-14(2)25(36-27)15(3)30/h5-12,21,32H,1-4H3/t21-/m1/s1. The summed E-state index contributed by atoms with van der Waals surface area (Å²) in [5.41, 5.74) is 2.33. The zero-order valence-electron chi connectivity index (χ0n) is 20.0. The van der Waals surface area contributed by atoms with E-state index in [2.05, 4.69) is 4.98 Å². The number of aliphatic hydroxyl groups excluding tert-OH is 1. The van der Waals surface area contributed by atoms with Gasteiger partial charge < -0.3 is 14.3 Å². The van der Waals surface area contributed by atoms with Gasteiger partial charge in [0.1, 0.15) is 0 Å². The van der Waals surface area contributed by atoms with Crippen LogP contribution in [0.2, 0.25) is 0 Å². The van der Waals surface area contributed by atoms with Crippen LogP contribution in [0, 0.1) is 13.8 Å². The van der Waals surface area contributed by atoms with Crippen molar-refractivity contribution in [1.29, 1.82) is 0 Å². The highest BCUT2D eigenvalue weighted by Crippen LogP contribution is 2.44. The average Bonchev–Trinajstić information content (AvgIpc) is 3.53. The van der Waals surface area contributed by atoms with E-state index in [0.717, 1.165) is 16.9 Å². The Bertz CT molecular complexity index is 1580. The number of aryl methyl sites for hydroxylation is 2. The molecule has 0 fully saturated rings. The van der Waals surface area contributed by atoms with E-state index in [9.17, 15) is 19.5 Å². The van der Waals surface area contributed by atoms with E-state index in [-0.39, 0.29) is 22.2 Å². The van der Waals surface area contributed by atoms with E-state index in [0.29, 0.717) is 32.9 Å². The number of fused-ring (bicyclic) bond motifs is 1. The third-order valence-electron chi connectivity index (χ3n) is 6.11. The first-order valence-electron chi connectivity index (χ1n) is 11.1. The highest BCUT2D eigenvalue weighted by molar-refractivity contribution is 7.17. The number of amides is 1. The molecule has 4 aromatic rings. The quantitative estimate of drug-likeness (QED) is 0.347. The van der Waals surface area contributed by atoms with Crippen molar-refractivity contribution < 1.29 is 28.6 Å². The Morgan fingerprint density at radius 3 is 2.50 bits per heavy atom. The Labute approximate surface area is 210 Å². The molecule has 8 nitrogen and oxygen atoms in total. The summed E-state index contributed by atoms with van der Waals surface area (Å²) >= 11 is 1.05. The molecule has 1 amide bonds. The molecule has 1 aliphatic heterocycles. The topological polar surface area (TPSA) is 110 Å². The summed E-state index contributed by atoms with van der Waals surface area (Å²) in [5.74, 6) is -1.86. The number of aromatic nitrogens is 1. The number of carbonyl (C=O) groups excluding carboxylic acids is 3. The molecule has 9 heteroatoms. The number of rotatable bonds is 6. The average molecular weight is 503 g/mol. The fourth-order valence-corrected chi connectivity index (χ4v) is 5.34. The summed E-state index contributed by atoms with van der Waals surface area (Å²) in [6.07, 6.45) is 0. The van der Waals surface area contributed by atoms with E-state index >= 15 is 0 Å². The minimum atomic E-state index is -0.967. The van der Waals surface area contributed by atoms with Crippen molar-refractivity contribution in [2.75, 3.05) is 12.0 Å². The van der Waals surface area contributed by atoms with Gasteiger partial charge in [0.05, 0.1) is 29.3 Å². The summed E-state index contributed by atoms with van der Waals surface area (Å²) in [6.45, 7) is 5.03. The maximum absolute atomic E-state index is 13.8. The molecule has 0 aliphatic carbocycles. The Kier molecular flexibility index (Phi) is 5.72. The third kappa shape index (κ3) is 3.68. The van der Waals surface area contributed by atoms with E-state index in [1.165, 1.54) is 18.9 Å². The molecule has 1 atom stereocenters. The van der Waals surface area contributed by atoms with Crippen LogP contribution < -0.4 is 9.64 Å². The molecule has 36 heavy (non-hydrogen) atoms. The molecule has 2 aromatic carbocycles. The number of thiazole rings is 1. The fraction of sp³-hybridized carbons (Fsp3) is 0.185. The number of furan rings is 1. The van der Waals surface area contributed by atoms with Gasteiger partial charge in [-0.3, -0.25) is 19.3 Å². The Morgan fingerprint density at radius 1 is 1.14 bits per heavy atom. The van der Waals surface area contributed by atoms with Crippen LogP contribution in [0.3, 0.4) is 0 Å². The number of ether oxygens (including phenoxy) is 1. The van der Waals surface area contributed by atoms with E-state index < -0.39 is 23.5 Å². The maximum atomic E-state index is 13.8. The first-order valence-corrected chi connectivity index (χ1v) is 12.0. The molecule has 0 radical (unpaired) electrons. The van der Waals surface area contributed by atoms with Crippen LogP contribution in [0.25, 0.3) is 11.0 Å². The zero-order valence-corrected chi connectivity index (χ0v) is 20.8. The highest BCUT2D eigenvalue weighted by atomic mass is 32.1. The van der Waals surface area contributed by atoms with Crippen molar-refractivity contribution in [3.63, 3.8) is 0 Å². The number of hydrogen-bond acceptors (Lipinski definition) is 8. The molecule has 0 saturated heterocycles. The molecule has 5 rings (SSSR count). The number of methoxy groups -OCH3 is 1. The maximum Gasteiger partial charge on any atom is 0.296 e. The molecule has 182 valence electrons. The van der Waals surface area contributed by atoms with Gasteiger partial charge in [-0.25, -0.2) is 4.98 Å². The third-order valence-corrected chi connectivity index (χ3v) is 7.37. The first kappa shape index (κ1) is 23.5. The number of hydrogen-bond donors (Lipinski definition) is 1. The summed E-state index contributed by atoms with van der Waals surface area (Å²) in [5, 5.41) is 11.8. The molecule has 0 saturated carbocycles. The number of carbonyl (C=O) groups is 3. The molecule has 1 aliphatic rings. The largest absolute Gasteiger partial charge is 0.503 e. The zero-order chi connectivity index (χ0) is 25.7. The van der Waals surface area contributed by atoms with Crippen LogP contribution in [0.5, 0.6) is 5.75 Å². The smallest absolute Gasteiger partial charge is 0.296 e. The second-order valence-corrected chi connectivity index (χ2v) is 9.51. The molecule has 1 N–H and O–H groups in total. The van der Waals surface area contributed by atoms with Gasteiger partial charge in [0.25, 0.3) is 5.91 Å². The predicted octanol–water partition coefficient (Wildman–Crippen LogP) is 5.50. The van der Waals surface area contributed by atoms with Gasteiger partial charge >= 0.3 is 0 Å². The molecular formula is C27H22N2O6S. The second-order valence-electron chi connectivity index (χ2n) is 8.54. The normalized spacial score (nSPS) is 15.7. The van der Waals surface area contributed by atoms with Gasteiger partial charge in [-0.2, -0.15) is 0 Å². The fourth-order valence-electron chi connectivity index (χ4n) is 4.35. The lowest BCUT2D eigenvalue weighted by Gasteiger charge is -2.24. The molecule has 2 aromatic heterocycles. The van der Waals surface area contributed by atoms with Crippen LogP contribution >= 0.6 is 11.3 Å². The number of nitrogens with zero attached hydrogens (tertiary/aromatic N) is 2. The van der Waals surface area contributed by atoms with Crippen molar-refractivity contribution in [3.05, 3.63) is 87.3 Å². The van der Waals surface area contributed by atoms with Crippen molar-refractivity contribution in [3.8, 4) is 5.75 Å². The van der Waals surface area contributed by atoms with Gasteiger partial charge in [0.15, 0.2) is 33.8 Å². The summed E-state index contributed by atoms with van der Waals surface area (Å²) < 4.78 is 11.2. The van der Waals surface area contributed by atoms with Crippen LogP contribution in [-0.2, 0) is 4.79 Å². The van der Waals surface area contributed by atoms with Crippen LogP contribution in [-0.4, -0.2) is 34.7 Å². The molecular weight excluding hydrogens is 480 g/mol. The van der Waals surface area contributed by atoms with Gasteiger partial charge in [-0.05, 0) is 31.5 Å². The van der Waals surface area contributed by atoms with E-state index in [1.807, 2.05) is 19.1 Å². The predicted molar refractivity (Wildman–Crippen MR) is 135 cm³/mol. The van der Waals surface area contributed by atoms with E-state index in [1.54, 1.807) is 43.3 Å². The van der Waals surface area contributed by atoms with Crippen LogP contribution in [0.4, 0.5) is 5.13 Å². The van der Waals surface area contributed by atoms with Crippen LogP contribution in [0.1, 0.15) is 50.0 Å². The second kappa shape index (κ2) is 8.76. The molecule has 3 heterocycles. The monoisotopic (exact) mass is 502 g/mol. The number of anilines is 1. The number of aliphatic hydroxyl groups is 1. The Hall–Kier alpha value is -4.24. The summed E-state index contributed by atoms with van der Waals surface area (Å²) in [4.78, 5) is 45.3. The Balaban J connectivity index is 1.66. The van der Waals surface area contributed by atoms with Crippen molar-refractivity contribution in [2.24, 2.45) is 0 Å². The molecule has 0 unspecified atom stereocenters. The number of para-hydroxylation sites is 1. The van der Waals surface area contributed by atoms with Gasteiger partial charge in [-0.15, -0.1) is 0 Å². The van der Waals surface area contributed by atoms with E-state index in [4.69, 9.17) is 9.15 Å². The summed E-state index contributed by atoms with van der Waals surface area (Å²) in [7, 11) is 1.50. The SMILES string of the molecule is COc1cccc2cc(C(=O)C3=C(O)C(=O)N(c4nc(C)c(C(C)=O)s4)[C@@H]3c3ccc(C)cc3)oc12. The molecule has 0 spiro atoms. The van der Waals surface area contributed by atoms with Crippen molar-refractivity contribution in [2.45, 2.75) is 26.8 Å². The van der Waals surface area contributed by atoms with Crippen molar-refractivity contribution >= 4 is 44.9 Å². The summed E-state index contributed by atoms with van der Waals surface area (Å²) in [6, 6.07) is 13.1. The minimum absolute atomic E-state index is 0.0393. The number of Topliss-reactive ketones (excluding diaryl/α,β-unsaturated/α-hetero) is 2. The number of benzene rings is 2. The van der Waals surface area contributed by atoms with Gasteiger partial charge in [0, 0.05) is 12.3 Å². The van der Waals surface area contributed by atoms with Gasteiger partial charge in [0.2, 0.25) is 5.78 Å². The van der Waals surface area contributed by atoms with Crippen molar-refractivity contribution in [1.82, 2.24) is 4.98 Å². The Morgan fingerprint density at radius 2 is 1.86 bits per heavy atom. The van der Waals surface area contributed by atoms with Crippen LogP contribution in [0.15, 0.2) is 64.3 Å².